The van der Waals surface area contributed by atoms with Gasteiger partial charge in [-0.05, 0) is 61.5 Å². The smallest absolute Gasteiger partial charge is 0.262 e. The lowest BCUT2D eigenvalue weighted by Gasteiger charge is -2.20. The van der Waals surface area contributed by atoms with Crippen molar-refractivity contribution in [1.82, 2.24) is 0 Å². The van der Waals surface area contributed by atoms with Crippen molar-refractivity contribution in [3.05, 3.63) is 83.7 Å². The quantitative estimate of drug-likeness (QED) is 0.711. The molecule has 1 N–H and O–H groups in total. The van der Waals surface area contributed by atoms with Crippen LogP contribution in [0.2, 0.25) is 0 Å². The molecule has 1 aliphatic heterocycles. The van der Waals surface area contributed by atoms with Gasteiger partial charge in [0.05, 0.1) is 11.3 Å². The molecule has 140 valence electrons. The Morgan fingerprint density at radius 1 is 1.04 bits per heavy atom. The van der Waals surface area contributed by atoms with Crippen molar-refractivity contribution in [2.45, 2.75) is 6.92 Å². The van der Waals surface area contributed by atoms with E-state index in [0.29, 0.717) is 40.5 Å². The molecule has 5 nitrogen and oxygen atoms in total. The average Bonchev–Trinajstić information content (AvgIpc) is 2.83. The summed E-state index contributed by atoms with van der Waals surface area (Å²) in [6.45, 7) is 2.29. The molecule has 0 atom stereocenters. The lowest BCUT2D eigenvalue weighted by molar-refractivity contribution is 0.0985. The summed E-state index contributed by atoms with van der Waals surface area (Å²) in [7, 11) is 0. The molecule has 0 bridgehead atoms. The topological polar surface area (TPSA) is 58.6 Å². The fraction of sp³-hybridized carbons (Fsp3) is 0.0909. The van der Waals surface area contributed by atoms with Crippen molar-refractivity contribution in [3.8, 4) is 11.5 Å². The van der Waals surface area contributed by atoms with Crippen molar-refractivity contribution in [1.29, 1.82) is 0 Å². The number of hydrogen-bond donors (Lipinski definition) is 1. The SMILES string of the molecule is CCN1C(=O)c2ccccc2Oc2ccc(C(=O)Nc3ccc(F)cc3)cc21. The van der Waals surface area contributed by atoms with Crippen molar-refractivity contribution >= 4 is 23.2 Å². The van der Waals surface area contributed by atoms with Crippen molar-refractivity contribution in [3.63, 3.8) is 0 Å². The van der Waals surface area contributed by atoms with Gasteiger partial charge in [-0.15, -0.1) is 0 Å². The number of fused-ring (bicyclic) bond motifs is 2. The van der Waals surface area contributed by atoms with Gasteiger partial charge in [-0.3, -0.25) is 9.59 Å². The molecule has 3 aromatic carbocycles. The summed E-state index contributed by atoms with van der Waals surface area (Å²) in [5.74, 6) is 0.0520. The molecule has 0 aromatic heterocycles. The fourth-order valence-corrected chi connectivity index (χ4v) is 3.11. The Morgan fingerprint density at radius 2 is 1.79 bits per heavy atom. The first-order chi connectivity index (χ1) is 13.6. The molecule has 0 spiro atoms. The molecule has 0 aliphatic carbocycles. The summed E-state index contributed by atoms with van der Waals surface area (Å²) in [6.07, 6.45) is 0. The van der Waals surface area contributed by atoms with E-state index in [2.05, 4.69) is 5.32 Å². The first kappa shape index (κ1) is 17.7. The highest BCUT2D eigenvalue weighted by atomic mass is 19.1. The zero-order valence-corrected chi connectivity index (χ0v) is 15.1. The van der Waals surface area contributed by atoms with Crippen LogP contribution in [0, 0.1) is 5.82 Å². The van der Waals surface area contributed by atoms with E-state index >= 15 is 0 Å². The van der Waals surface area contributed by atoms with Crippen LogP contribution < -0.4 is 15.0 Å². The molecule has 0 saturated carbocycles. The number of benzene rings is 3. The number of halogens is 1. The standard InChI is InChI=1S/C22H17FN2O3/c1-2-25-18-13-14(21(26)24-16-10-8-15(23)9-11-16)7-12-20(18)28-19-6-4-3-5-17(19)22(25)27/h3-13H,2H2,1H3,(H,24,26). The fourth-order valence-electron chi connectivity index (χ4n) is 3.11. The minimum absolute atomic E-state index is 0.187. The monoisotopic (exact) mass is 376 g/mol. The van der Waals surface area contributed by atoms with Crippen LogP contribution in [-0.4, -0.2) is 18.4 Å². The van der Waals surface area contributed by atoms with Crippen LogP contribution in [0.15, 0.2) is 66.7 Å². The van der Waals surface area contributed by atoms with E-state index in [-0.39, 0.29) is 17.6 Å². The Hall–Kier alpha value is -3.67. The Balaban J connectivity index is 1.69. The number of amides is 2. The van der Waals surface area contributed by atoms with Crippen LogP contribution in [0.25, 0.3) is 0 Å². The molecule has 0 unspecified atom stereocenters. The number of carbonyl (C=O) groups is 2. The maximum absolute atomic E-state index is 13.0. The van der Waals surface area contributed by atoms with Gasteiger partial charge in [0.15, 0.2) is 5.75 Å². The highest BCUT2D eigenvalue weighted by molar-refractivity contribution is 6.11. The van der Waals surface area contributed by atoms with E-state index in [0.717, 1.165) is 0 Å². The van der Waals surface area contributed by atoms with Gasteiger partial charge in [0, 0.05) is 17.8 Å². The van der Waals surface area contributed by atoms with Gasteiger partial charge in [0.2, 0.25) is 0 Å². The number of ether oxygens (including phenoxy) is 1. The predicted molar refractivity (Wildman–Crippen MR) is 105 cm³/mol. The number of para-hydroxylation sites is 1. The molecule has 3 aromatic rings. The van der Waals surface area contributed by atoms with Gasteiger partial charge in [-0.1, -0.05) is 12.1 Å². The second kappa shape index (κ2) is 7.15. The Kier molecular flexibility index (Phi) is 4.53. The van der Waals surface area contributed by atoms with Gasteiger partial charge in [0.25, 0.3) is 11.8 Å². The molecule has 28 heavy (non-hydrogen) atoms. The zero-order valence-electron chi connectivity index (χ0n) is 15.1. The molecule has 0 fully saturated rings. The maximum Gasteiger partial charge on any atom is 0.262 e. The van der Waals surface area contributed by atoms with Crippen LogP contribution in [-0.2, 0) is 0 Å². The molecule has 0 radical (unpaired) electrons. The Morgan fingerprint density at radius 3 is 2.54 bits per heavy atom. The minimum atomic E-state index is -0.378. The maximum atomic E-state index is 13.0. The number of nitrogens with zero attached hydrogens (tertiary/aromatic N) is 1. The van der Waals surface area contributed by atoms with Crippen molar-refractivity contribution in [2.24, 2.45) is 0 Å². The molecule has 1 aliphatic rings. The minimum Gasteiger partial charge on any atom is -0.454 e. The van der Waals surface area contributed by atoms with Crippen LogP contribution in [0.4, 0.5) is 15.8 Å². The molecular weight excluding hydrogens is 359 g/mol. The number of nitrogens with one attached hydrogen (secondary N) is 1. The third-order valence-electron chi connectivity index (χ3n) is 4.51. The average molecular weight is 376 g/mol. The van der Waals surface area contributed by atoms with Crippen molar-refractivity contribution < 1.29 is 18.7 Å². The van der Waals surface area contributed by atoms with Crippen LogP contribution >= 0.6 is 0 Å². The van der Waals surface area contributed by atoms with Gasteiger partial charge in [-0.2, -0.15) is 0 Å². The van der Waals surface area contributed by atoms with Gasteiger partial charge in [0.1, 0.15) is 11.6 Å². The first-order valence-corrected chi connectivity index (χ1v) is 8.86. The number of hydrogen-bond acceptors (Lipinski definition) is 3. The molecule has 0 saturated heterocycles. The second-order valence-electron chi connectivity index (χ2n) is 6.29. The summed E-state index contributed by atoms with van der Waals surface area (Å²) in [4.78, 5) is 27.1. The third-order valence-corrected chi connectivity index (χ3v) is 4.51. The van der Waals surface area contributed by atoms with E-state index in [1.165, 1.54) is 24.3 Å². The molecule has 1 heterocycles. The summed E-state index contributed by atoms with van der Waals surface area (Å²) in [5.41, 5.74) is 1.84. The first-order valence-electron chi connectivity index (χ1n) is 8.86. The Bertz CT molecular complexity index is 1060. The molecule has 6 heteroatoms. The Labute approximate surface area is 161 Å². The predicted octanol–water partition coefficient (Wildman–Crippen LogP) is 4.85. The summed E-state index contributed by atoms with van der Waals surface area (Å²) in [5, 5.41) is 2.72. The molecule has 2 amide bonds. The van der Waals surface area contributed by atoms with Gasteiger partial charge in [-0.25, -0.2) is 4.39 Å². The van der Waals surface area contributed by atoms with E-state index in [4.69, 9.17) is 4.74 Å². The highest BCUT2D eigenvalue weighted by Gasteiger charge is 2.27. The molecule has 4 rings (SSSR count). The van der Waals surface area contributed by atoms with Crippen LogP contribution in [0.3, 0.4) is 0 Å². The number of rotatable bonds is 3. The van der Waals surface area contributed by atoms with E-state index in [1.807, 2.05) is 6.92 Å². The highest BCUT2D eigenvalue weighted by Crippen LogP contribution is 2.39. The lowest BCUT2D eigenvalue weighted by Crippen LogP contribution is -2.30. The van der Waals surface area contributed by atoms with E-state index < -0.39 is 0 Å². The summed E-state index contributed by atoms with van der Waals surface area (Å²) < 4.78 is 19.0. The van der Waals surface area contributed by atoms with Crippen molar-refractivity contribution in [2.75, 3.05) is 16.8 Å². The molecular formula is C22H17FN2O3. The number of anilines is 2. The van der Waals surface area contributed by atoms with Crippen LogP contribution in [0.5, 0.6) is 11.5 Å². The normalized spacial score (nSPS) is 12.5. The third kappa shape index (κ3) is 3.20. The summed E-state index contributed by atoms with van der Waals surface area (Å²) in [6, 6.07) is 17.5. The van der Waals surface area contributed by atoms with Crippen LogP contribution in [0.1, 0.15) is 27.6 Å². The van der Waals surface area contributed by atoms with E-state index in [1.54, 1.807) is 47.4 Å². The summed E-state index contributed by atoms with van der Waals surface area (Å²) >= 11 is 0. The van der Waals surface area contributed by atoms with E-state index in [9.17, 15) is 14.0 Å². The van der Waals surface area contributed by atoms with Gasteiger partial charge >= 0.3 is 0 Å². The number of carbonyl (C=O) groups excluding carboxylic acids is 2. The lowest BCUT2D eigenvalue weighted by atomic mass is 10.1. The zero-order chi connectivity index (χ0) is 19.7. The largest absolute Gasteiger partial charge is 0.454 e. The second-order valence-corrected chi connectivity index (χ2v) is 6.29. The van der Waals surface area contributed by atoms with Gasteiger partial charge < -0.3 is 15.0 Å².